The lowest BCUT2D eigenvalue weighted by Crippen LogP contribution is -2.62. The van der Waals surface area contributed by atoms with Gasteiger partial charge in [-0.3, -0.25) is 86.3 Å². The van der Waals surface area contributed by atoms with Crippen LogP contribution in [0.25, 0.3) is 0 Å². The molecule has 47 heteroatoms. The van der Waals surface area contributed by atoms with E-state index >= 15 is 0 Å². The van der Waals surface area contributed by atoms with Crippen molar-refractivity contribution in [2.24, 2.45) is 23.1 Å². The molecular weight excluding hydrogens is 1550 g/mol. The van der Waals surface area contributed by atoms with E-state index in [4.69, 9.17) is 17.2 Å². The molecule has 2 bridgehead atoms. The molecule has 0 unspecified atom stereocenters. The van der Waals surface area contributed by atoms with Crippen LogP contribution in [-0.4, -0.2) is 298 Å². The van der Waals surface area contributed by atoms with E-state index in [9.17, 15) is 102 Å². The van der Waals surface area contributed by atoms with E-state index in [2.05, 4.69) is 89.1 Å². The zero-order chi connectivity index (χ0) is 82.5. The van der Waals surface area contributed by atoms with Gasteiger partial charge in [0.15, 0.2) is 0 Å². The number of carboxylic acids is 1. The number of unbranched alkanes of at least 4 members (excludes halogenated alkanes) is 1. The molecule has 4 fully saturated rings. The van der Waals surface area contributed by atoms with Gasteiger partial charge in [-0.2, -0.15) is 0 Å². The maximum atomic E-state index is 14.9. The van der Waals surface area contributed by atoms with E-state index in [1.807, 2.05) is 0 Å². The number of primary amides is 2. The summed E-state index contributed by atoms with van der Waals surface area (Å²) in [5, 5.41) is 63.3. The molecule has 0 radical (unpaired) electrons. The van der Waals surface area contributed by atoms with Crippen LogP contribution in [0.15, 0.2) is 25.0 Å². The number of aromatic nitrogens is 4. The number of carbonyl (C=O) groups is 18. The average molecular weight is 1650 g/mol. The van der Waals surface area contributed by atoms with Gasteiger partial charge in [-0.25, -0.2) is 9.97 Å². The van der Waals surface area contributed by atoms with Crippen LogP contribution >= 0.6 is 43.2 Å². The highest BCUT2D eigenvalue weighted by molar-refractivity contribution is 8.77. The lowest BCUT2D eigenvalue weighted by atomic mass is 10.0. The number of hydrogen-bond donors (Lipinski definition) is 21. The fraction of sp³-hybridized carbons (Fsp3) is 0.631. The molecule has 0 aliphatic carbocycles. The molecule has 4 aliphatic heterocycles. The van der Waals surface area contributed by atoms with Gasteiger partial charge in [0.05, 0.1) is 38.8 Å². The van der Waals surface area contributed by atoms with Gasteiger partial charge < -0.3 is 121 Å². The number of aromatic amines is 2. The van der Waals surface area contributed by atoms with Crippen LogP contribution in [0.4, 0.5) is 0 Å². The lowest BCUT2D eigenvalue weighted by Gasteiger charge is -2.31. The Bertz CT molecular complexity index is 3700. The predicted molar refractivity (Wildman–Crippen MR) is 402 cm³/mol. The molecule has 618 valence electrons. The molecule has 17 amide bonds. The largest absolute Gasteiger partial charge is 0.481 e. The van der Waals surface area contributed by atoms with Gasteiger partial charge in [-0.15, -0.1) is 0 Å². The number of nitrogens with two attached hydrogens (primary N) is 3. The van der Waals surface area contributed by atoms with Crippen molar-refractivity contribution in [2.45, 2.75) is 195 Å². The van der Waals surface area contributed by atoms with Gasteiger partial charge in [0, 0.05) is 79.1 Å². The van der Waals surface area contributed by atoms with Crippen molar-refractivity contribution in [1.29, 1.82) is 0 Å². The number of carbonyl (C=O) groups excluding carboxylic acids is 17. The molecule has 4 aliphatic rings. The summed E-state index contributed by atoms with van der Waals surface area (Å²) < 4.78 is 0. The molecule has 15 atom stereocenters. The minimum Gasteiger partial charge on any atom is -0.481 e. The highest BCUT2D eigenvalue weighted by Crippen LogP contribution is 2.27. The lowest BCUT2D eigenvalue weighted by molar-refractivity contribution is -0.143. The third-order valence-corrected chi connectivity index (χ3v) is 23.0. The number of aliphatic carboxylic acids is 1. The monoisotopic (exact) mass is 1650 g/mol. The van der Waals surface area contributed by atoms with Gasteiger partial charge >= 0.3 is 5.97 Å². The second kappa shape index (κ2) is 45.0. The number of aliphatic hydroxyl groups excluding tert-OH is 2. The zero-order valence-electron chi connectivity index (χ0n) is 61.7. The minimum atomic E-state index is -1.95. The molecule has 43 nitrogen and oxygen atoms in total. The van der Waals surface area contributed by atoms with Crippen molar-refractivity contribution >= 4 is 150 Å². The summed E-state index contributed by atoms with van der Waals surface area (Å²) in [5.41, 5.74) is 17.7. The summed E-state index contributed by atoms with van der Waals surface area (Å²) >= 11 is 0. The first-order valence-electron chi connectivity index (χ1n) is 36.0. The van der Waals surface area contributed by atoms with Crippen molar-refractivity contribution in [3.8, 4) is 0 Å². The molecule has 4 saturated heterocycles. The van der Waals surface area contributed by atoms with Crippen LogP contribution in [0.2, 0.25) is 0 Å². The maximum absolute atomic E-state index is 14.9. The molecular formula is C65H98N22O21S4. The van der Waals surface area contributed by atoms with Crippen LogP contribution in [0, 0.1) is 5.92 Å². The van der Waals surface area contributed by atoms with E-state index < -0.39 is 265 Å². The molecule has 6 rings (SSSR count). The third-order valence-electron chi connectivity index (χ3n) is 18.2. The Balaban J connectivity index is 1.45. The van der Waals surface area contributed by atoms with Gasteiger partial charge in [-0.05, 0) is 51.4 Å². The van der Waals surface area contributed by atoms with Crippen molar-refractivity contribution in [3.05, 3.63) is 36.4 Å². The number of hydrogen-bond acceptors (Lipinski definition) is 27. The molecule has 0 spiro atoms. The van der Waals surface area contributed by atoms with Gasteiger partial charge in [0.2, 0.25) is 100 Å². The average Bonchev–Trinajstić information content (AvgIpc) is 1.64. The Morgan fingerprint density at radius 3 is 1.46 bits per heavy atom. The van der Waals surface area contributed by atoms with Gasteiger partial charge in [0.1, 0.15) is 90.6 Å². The van der Waals surface area contributed by atoms with Crippen LogP contribution in [-0.2, 0) is 99.1 Å². The van der Waals surface area contributed by atoms with Crippen molar-refractivity contribution in [2.75, 3.05) is 55.9 Å². The molecule has 2 aromatic heterocycles. The standard InChI is InChI=1S/C65H98N22O21S4/c1-5-6-9-34-53(96)82-41(51(68)94)24-109-111-27-44-60(103)80-39(22-88)56(99)79-38(17-33-21-70-29-72-33)65(108)86-14-7-10-45(86)61(104)73-31(4)52(95)83-43(26-112-110-25-42(58(101)84-44)74-48(91)19-66)59(102)81-40(23-89)57(100)85-50(30(2)3)63(106)77-36(18-47(67)90)55(98)78-37(16-32-20-69-28-71-32)64(107)87-15-8-11-46(87)62(105)76-35(54(97)75-34)12-13-49(92)93/h20-21,28-31,34-46,50,88-89H,5-19,22-27,66H2,1-4H3,(H2,67,90)(H2,68,94)(H,69,71)(H,70,72)(H,73,104)(H,74,91)(H,75,97)(H,76,105)(H,77,106)(H,78,98)(H,79,99)(H,80,103)(H,81,102)(H,82,96)(H,83,95)(H,84,101)(H,85,100)(H,92,93)/t31-,34-,35-,36-,37-,38-,39-,40-,41-,42-,43-,44-,45-,46-,50-/m0/s1. The van der Waals surface area contributed by atoms with Crippen LogP contribution < -0.4 is 86.3 Å². The molecule has 112 heavy (non-hydrogen) atoms. The second-order valence-electron chi connectivity index (χ2n) is 27.0. The summed E-state index contributed by atoms with van der Waals surface area (Å²) in [6.07, 6.45) is 3.37. The number of aliphatic hydroxyl groups is 2. The number of nitrogens with zero attached hydrogens (tertiary/aromatic N) is 4. The van der Waals surface area contributed by atoms with E-state index in [-0.39, 0.29) is 70.2 Å². The van der Waals surface area contributed by atoms with Crippen molar-refractivity contribution in [3.63, 3.8) is 0 Å². The molecule has 2 aromatic rings. The first-order valence-corrected chi connectivity index (χ1v) is 40.9. The van der Waals surface area contributed by atoms with Crippen LogP contribution in [0.5, 0.6) is 0 Å². The first kappa shape index (κ1) is 91.0. The summed E-state index contributed by atoms with van der Waals surface area (Å²) in [5.74, 6) is -22.0. The molecule has 0 saturated carbocycles. The fourth-order valence-corrected chi connectivity index (χ4v) is 16.7. The van der Waals surface area contributed by atoms with Gasteiger partial charge in [0.25, 0.3) is 0 Å². The normalized spacial score (nSPS) is 27.9. The van der Waals surface area contributed by atoms with E-state index in [1.165, 1.54) is 45.8 Å². The first-order chi connectivity index (χ1) is 53.3. The fourth-order valence-electron chi connectivity index (χ4n) is 12.0. The van der Waals surface area contributed by atoms with Gasteiger partial charge in [-0.1, -0.05) is 76.8 Å². The highest BCUT2D eigenvalue weighted by atomic mass is 33.1. The number of carboxylic acid groups (broad SMARTS) is 1. The Kier molecular flexibility index (Phi) is 36.6. The summed E-state index contributed by atoms with van der Waals surface area (Å²) in [6.45, 7) is 2.74. The number of rotatable bonds is 18. The Hall–Kier alpha value is -9.84. The quantitative estimate of drug-likeness (QED) is 0.0616. The van der Waals surface area contributed by atoms with E-state index in [0.717, 1.165) is 53.0 Å². The summed E-state index contributed by atoms with van der Waals surface area (Å²) in [4.78, 5) is 269. The zero-order valence-corrected chi connectivity index (χ0v) is 65.0. The molecule has 0 aromatic carbocycles. The molecule has 6 heterocycles. The topological polar surface area (TPSA) is 666 Å². The van der Waals surface area contributed by atoms with E-state index in [1.54, 1.807) is 6.92 Å². The maximum Gasteiger partial charge on any atom is 0.303 e. The Morgan fingerprint density at radius 2 is 0.982 bits per heavy atom. The summed E-state index contributed by atoms with van der Waals surface area (Å²) in [7, 11) is 3.19. The number of H-pyrrole nitrogens is 2. The summed E-state index contributed by atoms with van der Waals surface area (Å²) in [6, 6.07) is -24.6. The Labute approximate surface area is 657 Å². The van der Waals surface area contributed by atoms with Crippen molar-refractivity contribution < 1.29 is 102 Å². The highest BCUT2D eigenvalue weighted by Gasteiger charge is 2.44. The second-order valence-corrected chi connectivity index (χ2v) is 32.1. The molecule has 24 N–H and O–H groups in total. The number of amides is 17. The number of imidazole rings is 2. The smallest absolute Gasteiger partial charge is 0.303 e. The SMILES string of the molecule is CCCC[C@@H]1NC(=O)[C@H](CCC(=O)O)NC(=O)[C@@H]2CCCN2C(=O)[C@H](Cc2cnc[nH]2)NC(=O)[C@H](CC(N)=O)NC(=O)[C@H](C(C)C)NC(=O)[C@H](CO)NC(=O)[C@@H]2CSSC[C@H](NC(=O)CN)C(=O)N[C@@H](CSSC[C@@H](C(N)=O)NC1=O)C(=O)N[C@@H](CO)C(=O)N[C@@H](Cc1cnc[nH]1)C(=O)N1CCC[C@H]1C(=O)N[C@@H](C)C(=O)N2. The van der Waals surface area contributed by atoms with Crippen molar-refractivity contribution in [1.82, 2.24) is 98.9 Å². The minimum absolute atomic E-state index is 0.0418. The Morgan fingerprint density at radius 1 is 0.536 bits per heavy atom. The van der Waals surface area contributed by atoms with E-state index in [0.29, 0.717) is 12.1 Å². The van der Waals surface area contributed by atoms with Crippen LogP contribution in [0.1, 0.15) is 103 Å². The number of nitrogens with one attached hydrogen (secondary N) is 15. The van der Waals surface area contributed by atoms with Crippen LogP contribution in [0.3, 0.4) is 0 Å². The third kappa shape index (κ3) is 27.5. The predicted octanol–water partition coefficient (Wildman–Crippen LogP) is -8.97. The number of fused-ring (bicyclic) bond motifs is 10.